The van der Waals surface area contributed by atoms with Gasteiger partial charge in [0.25, 0.3) is 0 Å². The minimum absolute atomic E-state index is 0.198. The Labute approximate surface area is 106 Å². The maximum absolute atomic E-state index is 8.76. The fourth-order valence-corrected chi connectivity index (χ4v) is 3.15. The zero-order chi connectivity index (χ0) is 12.5. The van der Waals surface area contributed by atoms with Crippen molar-refractivity contribution in [2.45, 2.75) is 39.0 Å². The molecule has 1 aromatic rings. The first-order chi connectivity index (χ1) is 8.07. The molecule has 4 heteroatoms. The number of ether oxygens (including phenoxy) is 1. The van der Waals surface area contributed by atoms with Crippen molar-refractivity contribution < 1.29 is 4.74 Å². The molecule has 2 rings (SSSR count). The molecule has 1 aliphatic rings. The Kier molecular flexibility index (Phi) is 3.53. The van der Waals surface area contributed by atoms with Crippen LogP contribution in [0, 0.1) is 16.7 Å². The van der Waals surface area contributed by atoms with E-state index in [2.05, 4.69) is 25.2 Å². The van der Waals surface area contributed by atoms with Crippen LogP contribution in [-0.2, 0) is 11.3 Å². The van der Waals surface area contributed by atoms with Crippen molar-refractivity contribution in [2.75, 3.05) is 7.11 Å². The third-order valence-corrected chi connectivity index (χ3v) is 4.70. The van der Waals surface area contributed by atoms with Gasteiger partial charge in [0.05, 0.1) is 11.7 Å². The predicted octanol–water partition coefficient (Wildman–Crippen LogP) is 2.52. The van der Waals surface area contributed by atoms with E-state index in [1.165, 1.54) is 4.88 Å². The Balaban J connectivity index is 1.86. The molecule has 0 bridgehead atoms. The SMILES string of the molecule is COC1CC(NCc2cc(C#N)cs2)C1(C)C. The van der Waals surface area contributed by atoms with Crippen LogP contribution in [0.1, 0.15) is 30.7 Å². The lowest BCUT2D eigenvalue weighted by Crippen LogP contribution is -2.60. The number of nitrogens with zero attached hydrogens (tertiary/aromatic N) is 1. The quantitative estimate of drug-likeness (QED) is 0.893. The van der Waals surface area contributed by atoms with Crippen LogP contribution in [0.2, 0.25) is 0 Å². The van der Waals surface area contributed by atoms with Gasteiger partial charge >= 0.3 is 0 Å². The van der Waals surface area contributed by atoms with Crippen molar-refractivity contribution in [3.8, 4) is 6.07 Å². The van der Waals surface area contributed by atoms with Crippen LogP contribution in [0.25, 0.3) is 0 Å². The number of hydrogen-bond acceptors (Lipinski definition) is 4. The van der Waals surface area contributed by atoms with E-state index in [4.69, 9.17) is 10.00 Å². The lowest BCUT2D eigenvalue weighted by molar-refractivity contribution is -0.0978. The summed E-state index contributed by atoms with van der Waals surface area (Å²) in [5, 5.41) is 14.2. The Hall–Kier alpha value is -0.890. The van der Waals surface area contributed by atoms with E-state index < -0.39 is 0 Å². The highest BCUT2D eigenvalue weighted by Crippen LogP contribution is 2.42. The first-order valence-electron chi connectivity index (χ1n) is 5.81. The van der Waals surface area contributed by atoms with Gasteiger partial charge in [-0.25, -0.2) is 0 Å². The first-order valence-corrected chi connectivity index (χ1v) is 6.69. The molecule has 2 atom stereocenters. The van der Waals surface area contributed by atoms with Crippen molar-refractivity contribution in [2.24, 2.45) is 5.41 Å². The monoisotopic (exact) mass is 250 g/mol. The Morgan fingerprint density at radius 2 is 2.41 bits per heavy atom. The number of nitriles is 1. The molecule has 1 aromatic heterocycles. The highest BCUT2D eigenvalue weighted by Gasteiger charge is 2.48. The second kappa shape index (κ2) is 4.77. The van der Waals surface area contributed by atoms with Crippen LogP contribution in [0.4, 0.5) is 0 Å². The number of rotatable bonds is 4. The minimum Gasteiger partial charge on any atom is -0.381 e. The average molecular weight is 250 g/mol. The molecule has 0 aliphatic heterocycles. The fraction of sp³-hybridized carbons (Fsp3) is 0.615. The van der Waals surface area contributed by atoms with Crippen LogP contribution in [-0.4, -0.2) is 19.3 Å². The van der Waals surface area contributed by atoms with Gasteiger partial charge in [-0.15, -0.1) is 11.3 Å². The van der Waals surface area contributed by atoms with E-state index in [1.807, 2.05) is 11.4 Å². The Bertz CT molecular complexity index is 433. The zero-order valence-electron chi connectivity index (χ0n) is 10.5. The van der Waals surface area contributed by atoms with Gasteiger partial charge in [-0.05, 0) is 12.5 Å². The lowest BCUT2D eigenvalue weighted by Gasteiger charge is -2.51. The predicted molar refractivity (Wildman–Crippen MR) is 68.9 cm³/mol. The second-order valence-electron chi connectivity index (χ2n) is 5.13. The average Bonchev–Trinajstić information content (AvgIpc) is 2.76. The van der Waals surface area contributed by atoms with Gasteiger partial charge < -0.3 is 10.1 Å². The van der Waals surface area contributed by atoms with Crippen molar-refractivity contribution in [3.05, 3.63) is 21.9 Å². The van der Waals surface area contributed by atoms with Crippen LogP contribution >= 0.6 is 11.3 Å². The molecule has 1 heterocycles. The molecule has 17 heavy (non-hydrogen) atoms. The molecular weight excluding hydrogens is 232 g/mol. The van der Waals surface area contributed by atoms with E-state index in [9.17, 15) is 0 Å². The highest BCUT2D eigenvalue weighted by atomic mass is 32.1. The summed E-state index contributed by atoms with van der Waals surface area (Å²) in [4.78, 5) is 1.22. The molecule has 1 N–H and O–H groups in total. The molecule has 0 saturated heterocycles. The van der Waals surface area contributed by atoms with Gasteiger partial charge in [0.2, 0.25) is 0 Å². The van der Waals surface area contributed by atoms with Crippen LogP contribution < -0.4 is 5.32 Å². The summed E-state index contributed by atoms with van der Waals surface area (Å²) >= 11 is 1.64. The molecule has 0 aromatic carbocycles. The van der Waals surface area contributed by atoms with Crippen molar-refractivity contribution in [3.63, 3.8) is 0 Å². The van der Waals surface area contributed by atoms with Crippen LogP contribution in [0.15, 0.2) is 11.4 Å². The molecule has 1 aliphatic carbocycles. The standard InChI is InChI=1S/C13H18N2OS/c1-13(2)11(5-12(13)16-3)15-7-10-4-9(6-14)8-17-10/h4,8,11-12,15H,5,7H2,1-3H3. The normalized spacial score (nSPS) is 26.2. The molecule has 1 saturated carbocycles. The maximum Gasteiger partial charge on any atom is 0.100 e. The van der Waals surface area contributed by atoms with Gasteiger partial charge in [-0.2, -0.15) is 5.26 Å². The van der Waals surface area contributed by atoms with E-state index >= 15 is 0 Å². The van der Waals surface area contributed by atoms with E-state index in [0.717, 1.165) is 18.5 Å². The molecule has 0 amide bonds. The first kappa shape index (κ1) is 12.6. The van der Waals surface area contributed by atoms with Crippen LogP contribution in [0.5, 0.6) is 0 Å². The molecule has 0 radical (unpaired) electrons. The molecule has 92 valence electrons. The van der Waals surface area contributed by atoms with E-state index in [1.54, 1.807) is 18.4 Å². The minimum atomic E-state index is 0.198. The molecule has 1 fully saturated rings. The third-order valence-electron chi connectivity index (χ3n) is 3.77. The van der Waals surface area contributed by atoms with Gasteiger partial charge in [-0.3, -0.25) is 0 Å². The second-order valence-corrected chi connectivity index (χ2v) is 6.12. The molecular formula is C13H18N2OS. The summed E-state index contributed by atoms with van der Waals surface area (Å²) in [5.41, 5.74) is 0.957. The molecule has 3 nitrogen and oxygen atoms in total. The highest BCUT2D eigenvalue weighted by molar-refractivity contribution is 7.10. The van der Waals surface area contributed by atoms with E-state index in [-0.39, 0.29) is 5.41 Å². The summed E-state index contributed by atoms with van der Waals surface area (Å²) in [6.07, 6.45) is 1.43. The van der Waals surface area contributed by atoms with Crippen molar-refractivity contribution >= 4 is 11.3 Å². The van der Waals surface area contributed by atoms with Gasteiger partial charge in [0.15, 0.2) is 0 Å². The summed E-state index contributed by atoms with van der Waals surface area (Å²) in [6.45, 7) is 5.31. The molecule has 2 unspecified atom stereocenters. The summed E-state index contributed by atoms with van der Waals surface area (Å²) < 4.78 is 5.42. The van der Waals surface area contributed by atoms with Gasteiger partial charge in [0, 0.05) is 35.4 Å². The summed E-state index contributed by atoms with van der Waals surface area (Å²) in [5.74, 6) is 0. The van der Waals surface area contributed by atoms with Crippen molar-refractivity contribution in [1.29, 1.82) is 5.26 Å². The Morgan fingerprint density at radius 3 is 2.94 bits per heavy atom. The van der Waals surface area contributed by atoms with Gasteiger partial charge in [-0.1, -0.05) is 13.8 Å². The van der Waals surface area contributed by atoms with Crippen molar-refractivity contribution in [1.82, 2.24) is 5.32 Å². The number of nitrogens with one attached hydrogen (secondary N) is 1. The summed E-state index contributed by atoms with van der Waals surface area (Å²) in [6, 6.07) is 4.61. The largest absolute Gasteiger partial charge is 0.381 e. The molecule has 0 spiro atoms. The van der Waals surface area contributed by atoms with Gasteiger partial charge in [0.1, 0.15) is 6.07 Å². The topological polar surface area (TPSA) is 45.0 Å². The maximum atomic E-state index is 8.76. The smallest absolute Gasteiger partial charge is 0.100 e. The lowest BCUT2D eigenvalue weighted by atomic mass is 9.64. The van der Waals surface area contributed by atoms with E-state index in [0.29, 0.717) is 12.1 Å². The number of thiophene rings is 1. The fourth-order valence-electron chi connectivity index (χ4n) is 2.39. The number of methoxy groups -OCH3 is 1. The number of hydrogen-bond donors (Lipinski definition) is 1. The summed E-state index contributed by atoms with van der Waals surface area (Å²) in [7, 11) is 1.78. The Morgan fingerprint density at radius 1 is 1.65 bits per heavy atom. The zero-order valence-corrected chi connectivity index (χ0v) is 11.3. The van der Waals surface area contributed by atoms with Crippen LogP contribution in [0.3, 0.4) is 0 Å². The third kappa shape index (κ3) is 2.37.